The molecule has 0 aliphatic rings. The first-order valence-electron chi connectivity index (χ1n) is 8.69. The van der Waals surface area contributed by atoms with Crippen molar-refractivity contribution in [2.24, 2.45) is 10.8 Å². The molecule has 3 aromatic rings. The summed E-state index contributed by atoms with van der Waals surface area (Å²) in [5, 5.41) is 4.09. The first-order chi connectivity index (χ1) is 13.7. The first-order valence-corrected chi connectivity index (χ1v) is 9.10. The Balaban J connectivity index is 1.69. The fourth-order valence-electron chi connectivity index (χ4n) is 2.70. The number of nitrogens with zero attached hydrogens (tertiary/aromatic N) is 1. The topological polar surface area (TPSA) is 68.9 Å². The average Bonchev–Trinajstić information content (AvgIpc) is 2.73. The van der Waals surface area contributed by atoms with E-state index in [0.29, 0.717) is 6.61 Å². The molecule has 6 heteroatoms. The van der Waals surface area contributed by atoms with Crippen molar-refractivity contribution in [1.29, 1.82) is 0 Å². The number of benzene rings is 3. The summed E-state index contributed by atoms with van der Waals surface area (Å²) in [4.78, 5) is 0. The summed E-state index contributed by atoms with van der Waals surface area (Å²) in [6.07, 6.45) is 1.64. The average molecular weight is 391 g/mol. The van der Waals surface area contributed by atoms with Gasteiger partial charge in [0.15, 0.2) is 5.11 Å². The number of nitrogens with one attached hydrogen (secondary N) is 1. The third kappa shape index (κ3) is 5.31. The lowest BCUT2D eigenvalue weighted by Gasteiger charge is -2.12. The monoisotopic (exact) mass is 391 g/mol. The molecule has 0 amide bonds. The van der Waals surface area contributed by atoms with E-state index >= 15 is 0 Å². The van der Waals surface area contributed by atoms with Gasteiger partial charge in [-0.05, 0) is 59.2 Å². The van der Waals surface area contributed by atoms with E-state index in [1.54, 1.807) is 13.3 Å². The van der Waals surface area contributed by atoms with Crippen LogP contribution in [0.15, 0.2) is 77.9 Å². The molecule has 3 aromatic carbocycles. The second-order valence-corrected chi connectivity index (χ2v) is 6.42. The van der Waals surface area contributed by atoms with Crippen LogP contribution in [-0.2, 0) is 6.61 Å². The molecule has 0 bridgehead atoms. The highest BCUT2D eigenvalue weighted by molar-refractivity contribution is 7.80. The number of methoxy groups -OCH3 is 1. The molecule has 0 aliphatic heterocycles. The van der Waals surface area contributed by atoms with Crippen LogP contribution in [0.25, 0.3) is 11.1 Å². The third-order valence-corrected chi connectivity index (χ3v) is 4.14. The number of thiocarbonyl (C=S) groups is 1. The van der Waals surface area contributed by atoms with Crippen molar-refractivity contribution in [2.75, 3.05) is 7.11 Å². The molecule has 0 saturated heterocycles. The van der Waals surface area contributed by atoms with Gasteiger partial charge in [0, 0.05) is 5.56 Å². The lowest BCUT2D eigenvalue weighted by molar-refractivity contribution is 0.296. The standard InChI is InChI=1S/C22H21N3O2S/c1-26-21-12-7-16(14-24-25-22(23)28)13-19(21)15-27-20-10-8-18(9-11-20)17-5-3-2-4-6-17/h2-14H,15H2,1H3,(H3,23,25,28). The molecular formula is C22H21N3O2S. The molecule has 0 spiro atoms. The van der Waals surface area contributed by atoms with Gasteiger partial charge in [0.2, 0.25) is 0 Å². The van der Waals surface area contributed by atoms with Gasteiger partial charge in [-0.2, -0.15) is 5.10 Å². The number of rotatable bonds is 7. The Bertz CT molecular complexity index is 957. The summed E-state index contributed by atoms with van der Waals surface area (Å²) in [6, 6.07) is 24.0. The summed E-state index contributed by atoms with van der Waals surface area (Å²) in [7, 11) is 1.63. The minimum absolute atomic E-state index is 0.118. The van der Waals surface area contributed by atoms with Crippen molar-refractivity contribution in [1.82, 2.24) is 5.43 Å². The molecule has 0 unspecified atom stereocenters. The summed E-state index contributed by atoms with van der Waals surface area (Å²) in [5.74, 6) is 1.54. The normalized spacial score (nSPS) is 10.6. The van der Waals surface area contributed by atoms with Gasteiger partial charge < -0.3 is 15.2 Å². The van der Waals surface area contributed by atoms with Crippen molar-refractivity contribution in [2.45, 2.75) is 6.61 Å². The van der Waals surface area contributed by atoms with Gasteiger partial charge in [-0.3, -0.25) is 5.43 Å². The molecule has 0 atom stereocenters. The Kier molecular flexibility index (Phi) is 6.59. The molecular weight excluding hydrogens is 370 g/mol. The van der Waals surface area contributed by atoms with E-state index in [-0.39, 0.29) is 5.11 Å². The second kappa shape index (κ2) is 9.53. The zero-order valence-electron chi connectivity index (χ0n) is 15.5. The largest absolute Gasteiger partial charge is 0.496 e. The Hall–Kier alpha value is -3.38. The van der Waals surface area contributed by atoms with Gasteiger partial charge >= 0.3 is 0 Å². The second-order valence-electron chi connectivity index (χ2n) is 5.98. The highest BCUT2D eigenvalue weighted by Gasteiger charge is 2.06. The highest BCUT2D eigenvalue weighted by atomic mass is 32.1. The van der Waals surface area contributed by atoms with Crippen molar-refractivity contribution in [3.8, 4) is 22.6 Å². The van der Waals surface area contributed by atoms with Gasteiger partial charge in [0.05, 0.1) is 13.3 Å². The fourth-order valence-corrected chi connectivity index (χ4v) is 2.75. The molecule has 3 N–H and O–H groups in total. The zero-order chi connectivity index (χ0) is 19.8. The van der Waals surface area contributed by atoms with Crippen LogP contribution in [0.3, 0.4) is 0 Å². The van der Waals surface area contributed by atoms with Crippen LogP contribution in [-0.4, -0.2) is 18.4 Å². The minimum atomic E-state index is 0.118. The van der Waals surface area contributed by atoms with Crippen molar-refractivity contribution >= 4 is 23.5 Å². The van der Waals surface area contributed by atoms with E-state index in [4.69, 9.17) is 27.4 Å². The summed E-state index contributed by atoms with van der Waals surface area (Å²) in [5.41, 5.74) is 12.0. The first kappa shape index (κ1) is 19.4. The Labute approximate surface area is 169 Å². The summed E-state index contributed by atoms with van der Waals surface area (Å²) >= 11 is 4.73. The summed E-state index contributed by atoms with van der Waals surface area (Å²) in [6.45, 7) is 0.373. The molecule has 0 fully saturated rings. The zero-order valence-corrected chi connectivity index (χ0v) is 16.3. The number of hydrazone groups is 1. The van der Waals surface area contributed by atoms with E-state index in [0.717, 1.165) is 28.2 Å². The lowest BCUT2D eigenvalue weighted by atomic mass is 10.1. The fraction of sp³-hybridized carbons (Fsp3) is 0.0909. The minimum Gasteiger partial charge on any atom is -0.496 e. The molecule has 0 radical (unpaired) electrons. The maximum atomic E-state index is 5.94. The molecule has 0 aromatic heterocycles. The smallest absolute Gasteiger partial charge is 0.184 e. The maximum absolute atomic E-state index is 5.94. The number of nitrogens with two attached hydrogens (primary N) is 1. The van der Waals surface area contributed by atoms with Gasteiger partial charge in [-0.1, -0.05) is 42.5 Å². The van der Waals surface area contributed by atoms with E-state index in [2.05, 4.69) is 22.7 Å². The molecule has 142 valence electrons. The predicted molar refractivity (Wildman–Crippen MR) is 117 cm³/mol. The molecule has 5 nitrogen and oxygen atoms in total. The SMILES string of the molecule is COc1ccc(C=NNC(N)=S)cc1COc1ccc(-c2ccccc2)cc1. The van der Waals surface area contributed by atoms with Gasteiger partial charge in [0.1, 0.15) is 18.1 Å². The Morgan fingerprint density at radius 2 is 1.75 bits per heavy atom. The van der Waals surface area contributed by atoms with E-state index < -0.39 is 0 Å². The van der Waals surface area contributed by atoms with Gasteiger partial charge in [0.25, 0.3) is 0 Å². The molecule has 0 saturated carbocycles. The molecule has 0 heterocycles. The number of ether oxygens (including phenoxy) is 2. The molecule has 0 aliphatic carbocycles. The van der Waals surface area contributed by atoms with E-state index in [9.17, 15) is 0 Å². The van der Waals surface area contributed by atoms with Crippen LogP contribution < -0.4 is 20.6 Å². The molecule has 28 heavy (non-hydrogen) atoms. The van der Waals surface area contributed by atoms with Crippen LogP contribution in [0.4, 0.5) is 0 Å². The maximum Gasteiger partial charge on any atom is 0.184 e. The van der Waals surface area contributed by atoms with Crippen molar-refractivity contribution in [3.05, 3.63) is 83.9 Å². The number of hydrogen-bond acceptors (Lipinski definition) is 4. The Morgan fingerprint density at radius 1 is 1.04 bits per heavy atom. The molecule has 3 rings (SSSR count). The predicted octanol–water partition coefficient (Wildman–Crippen LogP) is 4.11. The van der Waals surface area contributed by atoms with Gasteiger partial charge in [-0.25, -0.2) is 0 Å². The van der Waals surface area contributed by atoms with Crippen LogP contribution in [0.1, 0.15) is 11.1 Å². The van der Waals surface area contributed by atoms with Crippen LogP contribution in [0.5, 0.6) is 11.5 Å². The quantitative estimate of drug-likeness (QED) is 0.360. The van der Waals surface area contributed by atoms with Crippen LogP contribution in [0.2, 0.25) is 0 Å². The van der Waals surface area contributed by atoms with Crippen molar-refractivity contribution in [3.63, 3.8) is 0 Å². The summed E-state index contributed by atoms with van der Waals surface area (Å²) < 4.78 is 11.4. The number of hydrogen-bond donors (Lipinski definition) is 2. The third-order valence-electron chi connectivity index (χ3n) is 4.05. The van der Waals surface area contributed by atoms with E-state index in [1.807, 2.05) is 60.7 Å². The van der Waals surface area contributed by atoms with Crippen molar-refractivity contribution < 1.29 is 9.47 Å². The van der Waals surface area contributed by atoms with Gasteiger partial charge in [-0.15, -0.1) is 0 Å². The van der Waals surface area contributed by atoms with Crippen LogP contribution in [0, 0.1) is 0 Å². The lowest BCUT2D eigenvalue weighted by Crippen LogP contribution is -2.24. The van der Waals surface area contributed by atoms with Crippen LogP contribution >= 0.6 is 12.2 Å². The highest BCUT2D eigenvalue weighted by Crippen LogP contribution is 2.24. The van der Waals surface area contributed by atoms with E-state index in [1.165, 1.54) is 5.56 Å². The Morgan fingerprint density at radius 3 is 2.43 bits per heavy atom.